The van der Waals surface area contributed by atoms with E-state index in [-0.39, 0.29) is 18.3 Å². The van der Waals surface area contributed by atoms with Gasteiger partial charge in [0.2, 0.25) is 0 Å². The van der Waals surface area contributed by atoms with Crippen LogP contribution in [0.3, 0.4) is 0 Å². The molecule has 1 aromatic carbocycles. The molecule has 8 nitrogen and oxygen atoms in total. The van der Waals surface area contributed by atoms with Gasteiger partial charge in [-0.25, -0.2) is 10.2 Å². The van der Waals surface area contributed by atoms with Gasteiger partial charge in [-0.05, 0) is 38.8 Å². The fourth-order valence-electron chi connectivity index (χ4n) is 3.20. The second-order valence-corrected chi connectivity index (χ2v) is 6.25. The number of hydrogen-bond acceptors (Lipinski definition) is 6. The summed E-state index contributed by atoms with van der Waals surface area (Å²) in [5, 5.41) is 6.99. The second kappa shape index (κ2) is 8.60. The summed E-state index contributed by atoms with van der Waals surface area (Å²) in [6.45, 7) is 3.79. The van der Waals surface area contributed by atoms with E-state index in [9.17, 15) is 9.59 Å². The molecule has 1 heterocycles. The number of hydrogen-bond donors (Lipinski definition) is 2. The number of furan rings is 1. The van der Waals surface area contributed by atoms with E-state index in [1.807, 2.05) is 19.1 Å². The predicted molar refractivity (Wildman–Crippen MR) is 104 cm³/mol. The summed E-state index contributed by atoms with van der Waals surface area (Å²) in [7, 11) is 1.54. The van der Waals surface area contributed by atoms with Gasteiger partial charge < -0.3 is 19.2 Å². The number of nitrogens with zero attached hydrogens (tertiary/aromatic N) is 1. The van der Waals surface area contributed by atoms with Crippen LogP contribution in [0.1, 0.15) is 47.2 Å². The third kappa shape index (κ3) is 4.00. The average molecular weight is 385 g/mol. The van der Waals surface area contributed by atoms with Gasteiger partial charge in [-0.3, -0.25) is 4.79 Å². The van der Waals surface area contributed by atoms with Crippen molar-refractivity contribution in [3.63, 3.8) is 0 Å². The highest BCUT2D eigenvalue weighted by Gasteiger charge is 2.28. The number of para-hydroxylation sites is 2. The van der Waals surface area contributed by atoms with Crippen molar-refractivity contribution >= 4 is 23.4 Å². The number of rotatable bonds is 5. The van der Waals surface area contributed by atoms with Gasteiger partial charge in [0.15, 0.2) is 5.76 Å². The van der Waals surface area contributed by atoms with Crippen molar-refractivity contribution in [2.45, 2.75) is 33.1 Å². The van der Waals surface area contributed by atoms with Crippen molar-refractivity contribution in [1.29, 1.82) is 0 Å². The molecule has 2 N–H and O–H groups in total. The molecule has 0 atom stereocenters. The number of nitrogens with one attached hydrogen (secondary N) is 2. The Hall–Kier alpha value is -3.29. The molecule has 1 aliphatic rings. The van der Waals surface area contributed by atoms with E-state index < -0.39 is 6.09 Å². The van der Waals surface area contributed by atoms with Crippen LogP contribution in [0.25, 0.3) is 0 Å². The van der Waals surface area contributed by atoms with E-state index >= 15 is 0 Å². The van der Waals surface area contributed by atoms with E-state index in [4.69, 9.17) is 13.9 Å². The molecule has 2 amide bonds. The van der Waals surface area contributed by atoms with Gasteiger partial charge in [0, 0.05) is 17.5 Å². The molecule has 3 rings (SSSR count). The highest BCUT2D eigenvalue weighted by Crippen LogP contribution is 2.31. The lowest BCUT2D eigenvalue weighted by Crippen LogP contribution is -2.22. The molecule has 1 aromatic heterocycles. The van der Waals surface area contributed by atoms with Gasteiger partial charge >= 0.3 is 6.09 Å². The Balaban J connectivity index is 1.86. The molecule has 1 aliphatic carbocycles. The van der Waals surface area contributed by atoms with E-state index in [0.717, 1.165) is 12.0 Å². The molecule has 0 aliphatic heterocycles. The van der Waals surface area contributed by atoms with Crippen molar-refractivity contribution < 1.29 is 23.5 Å². The number of anilines is 1. The van der Waals surface area contributed by atoms with Crippen molar-refractivity contribution in [2.24, 2.45) is 5.10 Å². The number of fused-ring (bicyclic) bond motifs is 1. The molecule has 0 spiro atoms. The van der Waals surface area contributed by atoms with Crippen LogP contribution in [0.4, 0.5) is 10.5 Å². The summed E-state index contributed by atoms with van der Waals surface area (Å²) in [5.74, 6) is 1.11. The minimum Gasteiger partial charge on any atom is -0.495 e. The number of hydrazone groups is 1. The Morgan fingerprint density at radius 3 is 2.79 bits per heavy atom. The molecular formula is C20H23N3O5. The number of benzene rings is 1. The number of carbonyl (C=O) groups is 2. The van der Waals surface area contributed by atoms with Gasteiger partial charge in [-0.1, -0.05) is 12.1 Å². The molecule has 0 saturated carbocycles. The Labute approximate surface area is 162 Å². The maximum absolute atomic E-state index is 12.8. The van der Waals surface area contributed by atoms with Crippen molar-refractivity contribution in [2.75, 3.05) is 19.0 Å². The van der Waals surface area contributed by atoms with Crippen LogP contribution in [0.2, 0.25) is 0 Å². The SMILES string of the molecule is CCOC(=O)N/N=C1\CCCc2oc(C(=O)Nc3ccccc3OC)c(C)c21. The minimum atomic E-state index is -0.614. The van der Waals surface area contributed by atoms with Gasteiger partial charge in [0.05, 0.1) is 25.1 Å². The fourth-order valence-corrected chi connectivity index (χ4v) is 3.20. The minimum absolute atomic E-state index is 0.224. The Morgan fingerprint density at radius 1 is 1.25 bits per heavy atom. The second-order valence-electron chi connectivity index (χ2n) is 6.25. The van der Waals surface area contributed by atoms with Crippen LogP contribution >= 0.6 is 0 Å². The number of amides is 2. The molecule has 28 heavy (non-hydrogen) atoms. The summed E-state index contributed by atoms with van der Waals surface area (Å²) in [5.41, 5.74) is 5.07. The van der Waals surface area contributed by atoms with Gasteiger partial charge in [-0.2, -0.15) is 5.10 Å². The zero-order chi connectivity index (χ0) is 20.1. The molecule has 148 valence electrons. The Kier molecular flexibility index (Phi) is 5.98. The van der Waals surface area contributed by atoms with Gasteiger partial charge in [0.25, 0.3) is 5.91 Å². The molecule has 2 aromatic rings. The first kappa shape index (κ1) is 19.5. The molecule has 0 unspecified atom stereocenters. The highest BCUT2D eigenvalue weighted by atomic mass is 16.5. The lowest BCUT2D eigenvalue weighted by Gasteiger charge is -2.13. The fraction of sp³-hybridized carbons (Fsp3) is 0.350. The summed E-state index contributed by atoms with van der Waals surface area (Å²) in [4.78, 5) is 24.3. The molecule has 0 radical (unpaired) electrons. The summed E-state index contributed by atoms with van der Waals surface area (Å²) < 4.78 is 15.9. The monoisotopic (exact) mass is 385 g/mol. The van der Waals surface area contributed by atoms with Crippen LogP contribution in [0.15, 0.2) is 33.8 Å². The first-order valence-electron chi connectivity index (χ1n) is 9.11. The van der Waals surface area contributed by atoms with E-state index in [1.165, 1.54) is 0 Å². The normalized spacial score (nSPS) is 14.3. The third-order valence-corrected chi connectivity index (χ3v) is 4.44. The largest absolute Gasteiger partial charge is 0.495 e. The molecule has 0 bridgehead atoms. The zero-order valence-corrected chi connectivity index (χ0v) is 16.1. The number of carbonyl (C=O) groups excluding carboxylic acids is 2. The lowest BCUT2D eigenvalue weighted by molar-refractivity contribution is 0.0993. The number of methoxy groups -OCH3 is 1. The maximum Gasteiger partial charge on any atom is 0.427 e. The first-order chi connectivity index (χ1) is 13.5. The zero-order valence-electron chi connectivity index (χ0n) is 16.1. The smallest absolute Gasteiger partial charge is 0.427 e. The predicted octanol–water partition coefficient (Wildman–Crippen LogP) is 3.64. The summed E-state index contributed by atoms with van der Waals surface area (Å²) in [6, 6.07) is 7.15. The van der Waals surface area contributed by atoms with Gasteiger partial charge in [-0.15, -0.1) is 0 Å². The van der Waals surface area contributed by atoms with Crippen LogP contribution < -0.4 is 15.5 Å². The van der Waals surface area contributed by atoms with Crippen molar-refractivity contribution in [3.05, 3.63) is 46.9 Å². The van der Waals surface area contributed by atoms with E-state index in [0.29, 0.717) is 41.3 Å². The quantitative estimate of drug-likeness (QED) is 0.765. The van der Waals surface area contributed by atoms with Crippen LogP contribution in [-0.4, -0.2) is 31.4 Å². The van der Waals surface area contributed by atoms with Crippen molar-refractivity contribution in [3.8, 4) is 5.75 Å². The maximum atomic E-state index is 12.8. The molecular weight excluding hydrogens is 362 g/mol. The van der Waals surface area contributed by atoms with Crippen LogP contribution in [-0.2, 0) is 11.2 Å². The van der Waals surface area contributed by atoms with E-state index in [1.54, 1.807) is 26.2 Å². The van der Waals surface area contributed by atoms with Crippen LogP contribution in [0, 0.1) is 6.92 Å². The summed E-state index contributed by atoms with van der Waals surface area (Å²) >= 11 is 0. The molecule has 8 heteroatoms. The molecule has 0 fully saturated rings. The van der Waals surface area contributed by atoms with Crippen molar-refractivity contribution in [1.82, 2.24) is 5.43 Å². The molecule has 0 saturated heterocycles. The summed E-state index contributed by atoms with van der Waals surface area (Å²) in [6.07, 6.45) is 1.58. The van der Waals surface area contributed by atoms with E-state index in [2.05, 4.69) is 15.8 Å². The first-order valence-corrected chi connectivity index (χ1v) is 9.11. The lowest BCUT2D eigenvalue weighted by atomic mass is 9.93. The number of ether oxygens (including phenoxy) is 2. The highest BCUT2D eigenvalue weighted by molar-refractivity contribution is 6.09. The average Bonchev–Trinajstić information content (AvgIpc) is 3.04. The Bertz CT molecular complexity index is 917. The third-order valence-electron chi connectivity index (χ3n) is 4.44. The van der Waals surface area contributed by atoms with Gasteiger partial charge in [0.1, 0.15) is 11.5 Å². The topological polar surface area (TPSA) is 102 Å². The Morgan fingerprint density at radius 2 is 2.04 bits per heavy atom. The van der Waals surface area contributed by atoms with Crippen LogP contribution in [0.5, 0.6) is 5.75 Å². The number of aryl methyl sites for hydroxylation is 1. The standard InChI is InChI=1S/C20H23N3O5/c1-4-27-20(25)23-22-14-9-7-11-16-17(14)12(2)18(28-16)19(24)21-13-8-5-6-10-15(13)26-3/h5-6,8,10H,4,7,9,11H2,1-3H3,(H,21,24)(H,23,25)/b22-14+.